The first-order valence-electron chi connectivity index (χ1n) is 13.3. The molecule has 1 N–H and O–H groups in total. The average Bonchev–Trinajstić information content (AvgIpc) is 3.66. The van der Waals surface area contributed by atoms with E-state index in [0.717, 1.165) is 72.9 Å². The molecule has 198 valence electrons. The molecule has 1 saturated carbocycles. The van der Waals surface area contributed by atoms with E-state index in [-0.39, 0.29) is 17.6 Å². The van der Waals surface area contributed by atoms with Crippen molar-refractivity contribution in [3.05, 3.63) is 70.3 Å². The quantitative estimate of drug-likeness (QED) is 0.399. The molecule has 2 aliphatic rings. The Labute approximate surface area is 221 Å². The topological polar surface area (TPSA) is 101 Å². The maximum absolute atomic E-state index is 13.5. The normalized spacial score (nSPS) is 17.7. The summed E-state index contributed by atoms with van der Waals surface area (Å²) >= 11 is 0. The van der Waals surface area contributed by atoms with Crippen LogP contribution in [0.3, 0.4) is 0 Å². The minimum Gasteiger partial charge on any atom is -0.497 e. The molecule has 3 heterocycles. The van der Waals surface area contributed by atoms with Gasteiger partial charge in [-0.05, 0) is 71.8 Å². The van der Waals surface area contributed by atoms with Crippen molar-refractivity contribution in [3.8, 4) is 11.5 Å². The molecule has 10 heteroatoms. The van der Waals surface area contributed by atoms with Crippen molar-refractivity contribution in [1.82, 2.24) is 30.1 Å². The SMILES string of the molecule is COc1ccc(N2CCN([C@@H](c3cc4cc(OC)ccc4[nH]c3=O)c3nnnn3C3CCCC3)CC2)cc1. The van der Waals surface area contributed by atoms with Gasteiger partial charge in [0.25, 0.3) is 5.56 Å². The molecule has 1 saturated heterocycles. The highest BCUT2D eigenvalue weighted by atomic mass is 16.5. The molecule has 1 aliphatic heterocycles. The number of aromatic nitrogens is 5. The van der Waals surface area contributed by atoms with Crippen LogP contribution in [0.4, 0.5) is 5.69 Å². The average molecular weight is 516 g/mol. The van der Waals surface area contributed by atoms with Crippen LogP contribution in [0.2, 0.25) is 0 Å². The van der Waals surface area contributed by atoms with Gasteiger partial charge in [-0.25, -0.2) is 4.68 Å². The third-order valence-electron chi connectivity index (χ3n) is 7.93. The predicted octanol–water partition coefficient (Wildman–Crippen LogP) is 3.56. The van der Waals surface area contributed by atoms with Crippen LogP contribution in [0.1, 0.15) is 49.2 Å². The Morgan fingerprint density at radius 2 is 1.63 bits per heavy atom. The third kappa shape index (κ3) is 4.60. The number of pyridine rings is 1. The number of aromatic amines is 1. The van der Waals surface area contributed by atoms with Crippen LogP contribution in [0.25, 0.3) is 10.9 Å². The lowest BCUT2D eigenvalue weighted by molar-refractivity contribution is 0.197. The van der Waals surface area contributed by atoms with E-state index in [1.54, 1.807) is 14.2 Å². The van der Waals surface area contributed by atoms with Crippen LogP contribution in [0.5, 0.6) is 11.5 Å². The van der Waals surface area contributed by atoms with Crippen molar-refractivity contribution in [2.24, 2.45) is 0 Å². The van der Waals surface area contributed by atoms with Gasteiger partial charge < -0.3 is 19.4 Å². The summed E-state index contributed by atoms with van der Waals surface area (Å²) in [5, 5.41) is 13.9. The number of hydrogen-bond donors (Lipinski definition) is 1. The van der Waals surface area contributed by atoms with Gasteiger partial charge in [-0.3, -0.25) is 9.69 Å². The Balaban J connectivity index is 1.37. The van der Waals surface area contributed by atoms with E-state index in [9.17, 15) is 4.79 Å². The molecule has 0 amide bonds. The summed E-state index contributed by atoms with van der Waals surface area (Å²) in [6, 6.07) is 15.7. The molecule has 2 aromatic heterocycles. The fourth-order valence-electron chi connectivity index (χ4n) is 5.85. The van der Waals surface area contributed by atoms with Crippen molar-refractivity contribution in [1.29, 1.82) is 0 Å². The van der Waals surface area contributed by atoms with Crippen LogP contribution >= 0.6 is 0 Å². The van der Waals surface area contributed by atoms with Crippen molar-refractivity contribution in [2.75, 3.05) is 45.3 Å². The maximum Gasteiger partial charge on any atom is 0.253 e. The summed E-state index contributed by atoms with van der Waals surface area (Å²) < 4.78 is 12.7. The molecule has 38 heavy (non-hydrogen) atoms. The van der Waals surface area contributed by atoms with Crippen LogP contribution in [0, 0.1) is 0 Å². The van der Waals surface area contributed by atoms with Gasteiger partial charge in [0.15, 0.2) is 5.82 Å². The summed E-state index contributed by atoms with van der Waals surface area (Å²) in [6.45, 7) is 3.19. The summed E-state index contributed by atoms with van der Waals surface area (Å²) in [5.41, 5.74) is 2.47. The van der Waals surface area contributed by atoms with Gasteiger partial charge in [0.2, 0.25) is 0 Å². The first-order chi connectivity index (χ1) is 18.6. The summed E-state index contributed by atoms with van der Waals surface area (Å²) in [5.74, 6) is 2.33. The number of ether oxygens (including phenoxy) is 2. The van der Waals surface area contributed by atoms with Crippen molar-refractivity contribution in [2.45, 2.75) is 37.8 Å². The molecule has 1 aliphatic carbocycles. The molecule has 10 nitrogen and oxygen atoms in total. The lowest BCUT2D eigenvalue weighted by Gasteiger charge is -2.39. The van der Waals surface area contributed by atoms with Crippen LogP contribution in [-0.4, -0.2) is 70.5 Å². The number of anilines is 1. The van der Waals surface area contributed by atoms with E-state index >= 15 is 0 Å². The zero-order valence-corrected chi connectivity index (χ0v) is 21.8. The lowest BCUT2D eigenvalue weighted by Crippen LogP contribution is -2.49. The van der Waals surface area contributed by atoms with Gasteiger partial charge in [-0.15, -0.1) is 5.10 Å². The molecular weight excluding hydrogens is 482 g/mol. The van der Waals surface area contributed by atoms with E-state index in [4.69, 9.17) is 9.47 Å². The molecular formula is C28H33N7O3. The number of nitrogens with one attached hydrogen (secondary N) is 1. The Morgan fingerprint density at radius 1 is 0.921 bits per heavy atom. The van der Waals surface area contributed by atoms with Gasteiger partial charge >= 0.3 is 0 Å². The fourth-order valence-corrected chi connectivity index (χ4v) is 5.85. The first-order valence-corrected chi connectivity index (χ1v) is 13.3. The highest BCUT2D eigenvalue weighted by molar-refractivity contribution is 5.80. The Kier molecular flexibility index (Phi) is 6.71. The second-order valence-electron chi connectivity index (χ2n) is 10.1. The molecule has 4 aromatic rings. The minimum absolute atomic E-state index is 0.119. The van der Waals surface area contributed by atoms with Crippen molar-refractivity contribution in [3.63, 3.8) is 0 Å². The molecule has 0 bridgehead atoms. The summed E-state index contributed by atoms with van der Waals surface area (Å²) in [7, 11) is 3.33. The van der Waals surface area contributed by atoms with Crippen molar-refractivity contribution < 1.29 is 9.47 Å². The lowest BCUT2D eigenvalue weighted by atomic mass is 10.0. The third-order valence-corrected chi connectivity index (χ3v) is 7.93. The van der Waals surface area contributed by atoms with E-state index in [1.165, 1.54) is 12.8 Å². The Hall–Kier alpha value is -3.92. The largest absolute Gasteiger partial charge is 0.497 e. The molecule has 6 rings (SSSR count). The summed E-state index contributed by atoms with van der Waals surface area (Å²) in [4.78, 5) is 21.3. The monoisotopic (exact) mass is 515 g/mol. The smallest absolute Gasteiger partial charge is 0.253 e. The van der Waals surface area contributed by atoms with E-state index in [0.29, 0.717) is 5.56 Å². The van der Waals surface area contributed by atoms with E-state index in [1.807, 2.05) is 41.1 Å². The van der Waals surface area contributed by atoms with E-state index < -0.39 is 0 Å². The summed E-state index contributed by atoms with van der Waals surface area (Å²) in [6.07, 6.45) is 4.46. The second kappa shape index (κ2) is 10.4. The number of fused-ring (bicyclic) bond motifs is 1. The first kappa shape index (κ1) is 24.4. The number of nitrogens with zero attached hydrogens (tertiary/aromatic N) is 6. The van der Waals surface area contributed by atoms with Gasteiger partial charge in [0.05, 0.1) is 20.3 Å². The fraction of sp³-hybridized carbons (Fsp3) is 0.429. The molecule has 2 aromatic carbocycles. The Bertz CT molecular complexity index is 1450. The van der Waals surface area contributed by atoms with E-state index in [2.05, 4.69) is 42.4 Å². The number of benzene rings is 2. The van der Waals surface area contributed by atoms with Gasteiger partial charge in [0.1, 0.15) is 17.5 Å². The molecule has 2 fully saturated rings. The maximum atomic E-state index is 13.5. The minimum atomic E-state index is -0.358. The number of H-pyrrole nitrogens is 1. The zero-order chi connectivity index (χ0) is 26.1. The van der Waals surface area contributed by atoms with Gasteiger partial charge in [0, 0.05) is 48.3 Å². The highest BCUT2D eigenvalue weighted by Crippen LogP contribution is 2.35. The van der Waals surface area contributed by atoms with Crippen LogP contribution in [-0.2, 0) is 0 Å². The Morgan fingerprint density at radius 3 is 2.34 bits per heavy atom. The van der Waals surface area contributed by atoms with Crippen LogP contribution < -0.4 is 19.9 Å². The standard InChI is InChI=1S/C28H33N7O3/c1-37-22-9-7-20(8-10-22)33-13-15-34(16-14-33)26(27-30-31-32-35(27)21-5-3-4-6-21)24-18-19-17-23(38-2)11-12-25(19)29-28(24)36/h7-12,17-18,21,26H,3-6,13-16H2,1-2H3,(H,29,36)/t26-/m0/s1. The number of piperazine rings is 1. The van der Waals surface area contributed by atoms with Gasteiger partial charge in [-0.1, -0.05) is 12.8 Å². The predicted molar refractivity (Wildman–Crippen MR) is 145 cm³/mol. The van der Waals surface area contributed by atoms with Crippen LogP contribution in [0.15, 0.2) is 53.3 Å². The second-order valence-corrected chi connectivity index (χ2v) is 10.1. The number of methoxy groups -OCH3 is 2. The van der Waals surface area contributed by atoms with Crippen molar-refractivity contribution >= 4 is 16.6 Å². The molecule has 0 spiro atoms. The number of hydrogen-bond acceptors (Lipinski definition) is 8. The molecule has 1 atom stereocenters. The highest BCUT2D eigenvalue weighted by Gasteiger charge is 2.34. The van der Waals surface area contributed by atoms with Gasteiger partial charge in [-0.2, -0.15) is 0 Å². The number of tetrazole rings is 1. The zero-order valence-electron chi connectivity index (χ0n) is 21.8. The molecule has 0 radical (unpaired) electrons. The molecule has 0 unspecified atom stereocenters. The number of rotatable bonds is 7.